The Morgan fingerprint density at radius 3 is 2.73 bits per heavy atom. The molecule has 0 fully saturated rings. The van der Waals surface area contributed by atoms with Crippen molar-refractivity contribution < 1.29 is 4.74 Å². The molecule has 2 aromatic carbocycles. The minimum Gasteiger partial charge on any atom is -0.496 e. The van der Waals surface area contributed by atoms with Gasteiger partial charge in [-0.05, 0) is 62.4 Å². The third-order valence-corrected chi connectivity index (χ3v) is 5.98. The van der Waals surface area contributed by atoms with Crippen LogP contribution in [0.1, 0.15) is 49.8 Å². The monoisotopic (exact) mass is 370 g/mol. The van der Waals surface area contributed by atoms with E-state index in [2.05, 4.69) is 49.8 Å². The third kappa shape index (κ3) is 3.33. The molecule has 3 rings (SSSR count). The van der Waals surface area contributed by atoms with Crippen LogP contribution in [0.2, 0.25) is 5.02 Å². The van der Waals surface area contributed by atoms with E-state index in [1.807, 2.05) is 31.3 Å². The van der Waals surface area contributed by atoms with Gasteiger partial charge in [-0.15, -0.1) is 0 Å². The van der Waals surface area contributed by atoms with Gasteiger partial charge in [0.05, 0.1) is 12.8 Å². The first kappa shape index (κ1) is 18.8. The van der Waals surface area contributed by atoms with E-state index < -0.39 is 0 Å². The van der Waals surface area contributed by atoms with Crippen LogP contribution in [-0.4, -0.2) is 25.9 Å². The minimum atomic E-state index is 0.130. The summed E-state index contributed by atoms with van der Waals surface area (Å²) in [5.41, 5.74) is 5.57. The van der Waals surface area contributed by atoms with E-state index in [1.54, 1.807) is 7.11 Å². The van der Waals surface area contributed by atoms with Gasteiger partial charge < -0.3 is 9.64 Å². The summed E-state index contributed by atoms with van der Waals surface area (Å²) < 4.78 is 5.66. The van der Waals surface area contributed by atoms with Crippen molar-refractivity contribution in [3.05, 3.63) is 52.0 Å². The number of hydrogen-bond acceptors (Lipinski definition) is 3. The lowest BCUT2D eigenvalue weighted by atomic mass is 9.80. The zero-order chi connectivity index (χ0) is 19.1. The average Bonchev–Trinajstić information content (AvgIpc) is 2.60. The molecule has 138 valence electrons. The standard InChI is InChI=1S/C22H27ClN2O/c1-14-12-22(3,4)25(5)20-11-21(26-6)16(10-17(14)20)13-24-19-9-7-8-18(23)15(19)2/h7-11,13-14H,12H2,1-6H3. The van der Waals surface area contributed by atoms with Gasteiger partial charge in [-0.3, -0.25) is 4.99 Å². The maximum Gasteiger partial charge on any atom is 0.129 e. The second-order valence-electron chi connectivity index (χ2n) is 7.77. The number of anilines is 1. The quantitative estimate of drug-likeness (QED) is 0.607. The molecule has 0 N–H and O–H groups in total. The molecule has 0 aliphatic carbocycles. The first-order valence-corrected chi connectivity index (χ1v) is 9.37. The van der Waals surface area contributed by atoms with Gasteiger partial charge in [-0.25, -0.2) is 0 Å². The number of ether oxygens (including phenoxy) is 1. The Labute approximate surface area is 161 Å². The van der Waals surface area contributed by atoms with Crippen molar-refractivity contribution in [3.8, 4) is 5.75 Å². The second kappa shape index (κ2) is 6.96. The van der Waals surface area contributed by atoms with E-state index in [0.29, 0.717) is 5.92 Å². The molecule has 1 heterocycles. The normalized spacial score (nSPS) is 18.9. The van der Waals surface area contributed by atoms with E-state index in [0.717, 1.165) is 34.0 Å². The number of rotatable bonds is 3. The predicted molar refractivity (Wildman–Crippen MR) is 112 cm³/mol. The summed E-state index contributed by atoms with van der Waals surface area (Å²) in [6.45, 7) is 8.85. The molecule has 1 atom stereocenters. The summed E-state index contributed by atoms with van der Waals surface area (Å²) in [6.07, 6.45) is 3.00. The Bertz CT molecular complexity index is 857. The van der Waals surface area contributed by atoms with E-state index in [-0.39, 0.29) is 5.54 Å². The maximum absolute atomic E-state index is 6.21. The smallest absolute Gasteiger partial charge is 0.129 e. The van der Waals surface area contributed by atoms with E-state index in [9.17, 15) is 0 Å². The lowest BCUT2D eigenvalue weighted by Crippen LogP contribution is -2.45. The van der Waals surface area contributed by atoms with E-state index in [1.165, 1.54) is 11.3 Å². The summed E-state index contributed by atoms with van der Waals surface area (Å²) >= 11 is 6.21. The molecule has 0 amide bonds. The average molecular weight is 371 g/mol. The van der Waals surface area contributed by atoms with Gasteiger partial charge in [0.1, 0.15) is 5.75 Å². The largest absolute Gasteiger partial charge is 0.496 e. The topological polar surface area (TPSA) is 24.8 Å². The highest BCUT2D eigenvalue weighted by Crippen LogP contribution is 2.44. The molecule has 0 spiro atoms. The number of benzene rings is 2. The summed E-state index contributed by atoms with van der Waals surface area (Å²) in [4.78, 5) is 7.02. The van der Waals surface area contributed by atoms with Crippen molar-refractivity contribution in [1.29, 1.82) is 0 Å². The van der Waals surface area contributed by atoms with E-state index in [4.69, 9.17) is 16.3 Å². The zero-order valence-electron chi connectivity index (χ0n) is 16.4. The number of halogens is 1. The first-order valence-electron chi connectivity index (χ1n) is 8.99. The molecule has 2 aromatic rings. The molecule has 1 unspecified atom stereocenters. The maximum atomic E-state index is 6.21. The molecule has 0 saturated carbocycles. The van der Waals surface area contributed by atoms with Gasteiger partial charge in [0.2, 0.25) is 0 Å². The molecule has 4 heteroatoms. The Morgan fingerprint density at radius 2 is 2.04 bits per heavy atom. The van der Waals surface area contributed by atoms with Crippen molar-refractivity contribution in [2.24, 2.45) is 4.99 Å². The number of nitrogens with zero attached hydrogens (tertiary/aromatic N) is 2. The van der Waals surface area contributed by atoms with Gasteiger partial charge in [-0.2, -0.15) is 0 Å². The van der Waals surface area contributed by atoms with Crippen LogP contribution in [0.25, 0.3) is 0 Å². The first-order chi connectivity index (χ1) is 12.2. The summed E-state index contributed by atoms with van der Waals surface area (Å²) in [6, 6.07) is 10.1. The molecule has 0 bridgehead atoms. The molecule has 0 saturated heterocycles. The third-order valence-electron chi connectivity index (χ3n) is 5.57. The van der Waals surface area contributed by atoms with Crippen molar-refractivity contribution in [1.82, 2.24) is 0 Å². The van der Waals surface area contributed by atoms with Crippen molar-refractivity contribution in [2.75, 3.05) is 19.1 Å². The van der Waals surface area contributed by atoms with Crippen LogP contribution in [0.4, 0.5) is 11.4 Å². The fourth-order valence-corrected chi connectivity index (χ4v) is 3.93. The van der Waals surface area contributed by atoms with Crippen molar-refractivity contribution in [3.63, 3.8) is 0 Å². The molecule has 0 aromatic heterocycles. The Kier molecular flexibility index (Phi) is 5.03. The number of fused-ring (bicyclic) bond motifs is 1. The van der Waals surface area contributed by atoms with Crippen molar-refractivity contribution >= 4 is 29.2 Å². The zero-order valence-corrected chi connectivity index (χ0v) is 17.2. The molecular weight excluding hydrogens is 344 g/mol. The van der Waals surface area contributed by atoms with Crippen LogP contribution in [0, 0.1) is 6.92 Å². The minimum absolute atomic E-state index is 0.130. The number of aliphatic imine (C=N–C) groups is 1. The van der Waals surface area contributed by atoms with Gasteiger partial charge >= 0.3 is 0 Å². The van der Waals surface area contributed by atoms with Crippen LogP contribution < -0.4 is 9.64 Å². The van der Waals surface area contributed by atoms with Crippen LogP contribution >= 0.6 is 11.6 Å². The highest BCUT2D eigenvalue weighted by molar-refractivity contribution is 6.31. The van der Waals surface area contributed by atoms with Crippen molar-refractivity contribution in [2.45, 2.75) is 45.6 Å². The Hall–Kier alpha value is -2.00. The summed E-state index contributed by atoms with van der Waals surface area (Å²) in [5, 5.41) is 0.731. The van der Waals surface area contributed by atoms with Crippen LogP contribution in [0.3, 0.4) is 0 Å². The Morgan fingerprint density at radius 1 is 1.31 bits per heavy atom. The molecule has 26 heavy (non-hydrogen) atoms. The van der Waals surface area contributed by atoms with Crippen LogP contribution in [0.5, 0.6) is 5.75 Å². The second-order valence-corrected chi connectivity index (χ2v) is 8.18. The number of hydrogen-bond donors (Lipinski definition) is 0. The SMILES string of the molecule is COc1cc2c(cc1C=Nc1cccc(Cl)c1C)C(C)CC(C)(C)N2C. The van der Waals surface area contributed by atoms with Gasteiger partial charge in [0, 0.05) is 41.1 Å². The van der Waals surface area contributed by atoms with Gasteiger partial charge in [0.25, 0.3) is 0 Å². The van der Waals surface area contributed by atoms with Crippen LogP contribution in [-0.2, 0) is 0 Å². The van der Waals surface area contributed by atoms with Gasteiger partial charge in [0.15, 0.2) is 0 Å². The lowest BCUT2D eigenvalue weighted by molar-refractivity contribution is 0.389. The fourth-order valence-electron chi connectivity index (χ4n) is 3.76. The van der Waals surface area contributed by atoms with Crippen LogP contribution in [0.15, 0.2) is 35.3 Å². The summed E-state index contributed by atoms with van der Waals surface area (Å²) in [5.74, 6) is 1.33. The molecule has 1 aliphatic heterocycles. The molecular formula is C22H27ClN2O. The highest BCUT2D eigenvalue weighted by Gasteiger charge is 2.34. The number of methoxy groups -OCH3 is 1. The molecule has 3 nitrogen and oxygen atoms in total. The fraction of sp³-hybridized carbons (Fsp3) is 0.409. The Balaban J connectivity index is 2.05. The molecule has 1 aliphatic rings. The molecule has 0 radical (unpaired) electrons. The van der Waals surface area contributed by atoms with E-state index >= 15 is 0 Å². The summed E-state index contributed by atoms with van der Waals surface area (Å²) in [7, 11) is 3.87. The highest BCUT2D eigenvalue weighted by atomic mass is 35.5. The van der Waals surface area contributed by atoms with Gasteiger partial charge in [-0.1, -0.05) is 24.6 Å². The lowest BCUT2D eigenvalue weighted by Gasteiger charge is -2.45. The predicted octanol–water partition coefficient (Wildman–Crippen LogP) is 6.13.